The average molecular weight is 446 g/mol. The summed E-state index contributed by atoms with van der Waals surface area (Å²) in [5, 5.41) is 4.34. The van der Waals surface area contributed by atoms with Gasteiger partial charge < -0.3 is 19.0 Å². The zero-order valence-corrected chi connectivity index (χ0v) is 17.8. The van der Waals surface area contributed by atoms with E-state index in [0.717, 1.165) is 42.3 Å². The van der Waals surface area contributed by atoms with Crippen LogP contribution in [0.15, 0.2) is 47.1 Å². The first-order valence-corrected chi connectivity index (χ1v) is 10.8. The summed E-state index contributed by atoms with van der Waals surface area (Å²) in [4.78, 5) is 3.15. The Balaban J connectivity index is 1.27. The summed E-state index contributed by atoms with van der Waals surface area (Å²) in [6.45, 7) is 3.04. The molecule has 2 aromatic heterocycles. The van der Waals surface area contributed by atoms with Gasteiger partial charge in [-0.2, -0.15) is 13.2 Å². The molecule has 0 aliphatic carbocycles. The molecule has 0 bridgehead atoms. The Bertz CT molecular complexity index is 1180. The van der Waals surface area contributed by atoms with Crippen molar-refractivity contribution in [2.45, 2.75) is 45.2 Å². The maximum atomic E-state index is 13.1. The number of fused-ring (bicyclic) bond motifs is 2. The molecule has 0 aliphatic heterocycles. The fraction of sp³-hybridized carbons (Fsp3) is 0.375. The number of ether oxygens (including phenoxy) is 2. The summed E-state index contributed by atoms with van der Waals surface area (Å²) in [5.74, 6) is 1.40. The lowest BCUT2D eigenvalue weighted by atomic mass is 10.0. The molecule has 0 aliphatic rings. The molecule has 0 saturated heterocycles. The molecule has 0 fully saturated rings. The van der Waals surface area contributed by atoms with Crippen molar-refractivity contribution in [1.29, 1.82) is 0 Å². The number of nitrogens with one attached hydrogen (secondary N) is 1. The molecule has 2 heterocycles. The SMILES string of the molecule is CCCc1c(OCCCCCOc2ccc3[nH]ccc3c2)ccc2c(C(F)(F)F)noc12. The number of unbranched alkanes of at least 4 members (excludes halogenated alkanes) is 2. The predicted molar refractivity (Wildman–Crippen MR) is 116 cm³/mol. The number of hydrogen-bond donors (Lipinski definition) is 1. The van der Waals surface area contributed by atoms with Crippen LogP contribution < -0.4 is 9.47 Å². The molecule has 4 aromatic rings. The fourth-order valence-electron chi connectivity index (χ4n) is 3.74. The highest BCUT2D eigenvalue weighted by Crippen LogP contribution is 2.38. The Hall–Kier alpha value is -3.16. The van der Waals surface area contributed by atoms with Crippen LogP contribution in [0.25, 0.3) is 21.9 Å². The van der Waals surface area contributed by atoms with E-state index in [2.05, 4.69) is 10.1 Å². The maximum Gasteiger partial charge on any atom is 0.437 e. The fourth-order valence-corrected chi connectivity index (χ4v) is 3.74. The molecule has 0 spiro atoms. The Morgan fingerprint density at radius 2 is 1.81 bits per heavy atom. The molecule has 0 atom stereocenters. The summed E-state index contributed by atoms with van der Waals surface area (Å²) >= 11 is 0. The first kappa shape index (κ1) is 22.0. The van der Waals surface area contributed by atoms with Crippen molar-refractivity contribution in [3.8, 4) is 11.5 Å². The number of rotatable bonds is 10. The van der Waals surface area contributed by atoms with Gasteiger partial charge in [0.2, 0.25) is 0 Å². The molecule has 1 N–H and O–H groups in total. The molecule has 5 nitrogen and oxygen atoms in total. The third-order valence-electron chi connectivity index (χ3n) is 5.31. The quantitative estimate of drug-likeness (QED) is 0.269. The van der Waals surface area contributed by atoms with Crippen LogP contribution >= 0.6 is 0 Å². The van der Waals surface area contributed by atoms with Gasteiger partial charge in [0.15, 0.2) is 11.3 Å². The standard InChI is InChI=1S/C24H25F3N2O3/c1-2-6-18-21(10-8-19-22(18)32-29-23(19)24(25,26)27)31-14-5-3-4-13-30-17-7-9-20-16(15-17)11-12-28-20/h7-12,15,28H,2-6,13-14H2,1H3. The van der Waals surface area contributed by atoms with Crippen molar-refractivity contribution in [3.05, 3.63) is 53.9 Å². The average Bonchev–Trinajstić information content (AvgIpc) is 3.40. The lowest BCUT2D eigenvalue weighted by Gasteiger charge is -2.12. The van der Waals surface area contributed by atoms with Gasteiger partial charge in [-0.3, -0.25) is 0 Å². The minimum absolute atomic E-state index is 0.0247. The summed E-state index contributed by atoms with van der Waals surface area (Å²) in [6, 6.07) is 10.9. The highest BCUT2D eigenvalue weighted by atomic mass is 19.4. The second-order valence-corrected chi connectivity index (χ2v) is 7.68. The van der Waals surface area contributed by atoms with Gasteiger partial charge in [-0.1, -0.05) is 18.5 Å². The van der Waals surface area contributed by atoms with E-state index in [-0.39, 0.29) is 11.0 Å². The number of hydrogen-bond acceptors (Lipinski definition) is 4. The topological polar surface area (TPSA) is 60.3 Å². The molecular formula is C24H25F3N2O3. The second kappa shape index (κ2) is 9.54. The second-order valence-electron chi connectivity index (χ2n) is 7.68. The highest BCUT2D eigenvalue weighted by molar-refractivity contribution is 5.85. The highest BCUT2D eigenvalue weighted by Gasteiger charge is 2.37. The molecule has 4 rings (SSSR count). The van der Waals surface area contributed by atoms with Gasteiger partial charge in [-0.15, -0.1) is 0 Å². The Labute approximate surface area is 183 Å². The van der Waals surface area contributed by atoms with Gasteiger partial charge in [0, 0.05) is 22.7 Å². The zero-order chi connectivity index (χ0) is 22.6. The third-order valence-corrected chi connectivity index (χ3v) is 5.31. The van der Waals surface area contributed by atoms with Gasteiger partial charge in [-0.05, 0) is 62.1 Å². The lowest BCUT2D eigenvalue weighted by molar-refractivity contribution is -0.141. The lowest BCUT2D eigenvalue weighted by Crippen LogP contribution is -2.06. The van der Waals surface area contributed by atoms with Crippen LogP contribution in [0.3, 0.4) is 0 Å². The first-order chi connectivity index (χ1) is 15.5. The Kier molecular flexibility index (Phi) is 6.58. The van der Waals surface area contributed by atoms with E-state index in [1.165, 1.54) is 6.07 Å². The molecular weight excluding hydrogens is 421 g/mol. The van der Waals surface area contributed by atoms with Crippen LogP contribution in [0, 0.1) is 0 Å². The molecule has 32 heavy (non-hydrogen) atoms. The molecule has 170 valence electrons. The van der Waals surface area contributed by atoms with Crippen LogP contribution in [-0.2, 0) is 12.6 Å². The van der Waals surface area contributed by atoms with Gasteiger partial charge in [-0.25, -0.2) is 0 Å². The smallest absolute Gasteiger partial charge is 0.437 e. The Morgan fingerprint density at radius 3 is 2.59 bits per heavy atom. The largest absolute Gasteiger partial charge is 0.494 e. The van der Waals surface area contributed by atoms with Gasteiger partial charge in [0.25, 0.3) is 0 Å². The summed E-state index contributed by atoms with van der Waals surface area (Å²) in [5.41, 5.74) is 0.878. The van der Waals surface area contributed by atoms with Crippen molar-refractivity contribution in [2.24, 2.45) is 0 Å². The molecule has 0 amide bonds. The number of alkyl halides is 3. The number of benzene rings is 2. The predicted octanol–water partition coefficient (Wildman–Crippen LogP) is 6.91. The molecule has 0 radical (unpaired) electrons. The van der Waals surface area contributed by atoms with Gasteiger partial charge in [0.1, 0.15) is 11.5 Å². The number of nitrogens with zero attached hydrogens (tertiary/aromatic N) is 1. The third kappa shape index (κ3) is 4.84. The number of aromatic amines is 1. The number of H-pyrrole nitrogens is 1. The maximum absolute atomic E-state index is 13.1. The monoisotopic (exact) mass is 446 g/mol. The Morgan fingerprint density at radius 1 is 1.00 bits per heavy atom. The van der Waals surface area contributed by atoms with E-state index in [1.807, 2.05) is 37.4 Å². The minimum atomic E-state index is -4.55. The van der Waals surface area contributed by atoms with Crippen molar-refractivity contribution >= 4 is 21.9 Å². The van der Waals surface area contributed by atoms with E-state index in [0.29, 0.717) is 30.9 Å². The first-order valence-electron chi connectivity index (χ1n) is 10.8. The number of halogens is 3. The van der Waals surface area contributed by atoms with E-state index < -0.39 is 11.9 Å². The molecule has 0 unspecified atom stereocenters. The number of aromatic nitrogens is 2. The minimum Gasteiger partial charge on any atom is -0.494 e. The summed E-state index contributed by atoms with van der Waals surface area (Å²) in [6.07, 6.45) is 1.27. The summed E-state index contributed by atoms with van der Waals surface area (Å²) < 4.78 is 56.1. The van der Waals surface area contributed by atoms with Gasteiger partial charge >= 0.3 is 6.18 Å². The van der Waals surface area contributed by atoms with Crippen LogP contribution in [0.4, 0.5) is 13.2 Å². The number of aryl methyl sites for hydroxylation is 1. The van der Waals surface area contributed by atoms with Crippen LogP contribution in [-0.4, -0.2) is 23.4 Å². The zero-order valence-electron chi connectivity index (χ0n) is 17.8. The van der Waals surface area contributed by atoms with E-state index in [4.69, 9.17) is 14.0 Å². The van der Waals surface area contributed by atoms with E-state index in [9.17, 15) is 13.2 Å². The molecule has 2 aromatic carbocycles. The van der Waals surface area contributed by atoms with Crippen LogP contribution in [0.1, 0.15) is 43.9 Å². The van der Waals surface area contributed by atoms with E-state index in [1.54, 1.807) is 6.07 Å². The van der Waals surface area contributed by atoms with E-state index >= 15 is 0 Å². The van der Waals surface area contributed by atoms with Gasteiger partial charge in [0.05, 0.1) is 18.6 Å². The van der Waals surface area contributed by atoms with Crippen LogP contribution in [0.5, 0.6) is 11.5 Å². The summed E-state index contributed by atoms with van der Waals surface area (Å²) in [7, 11) is 0. The molecule has 8 heteroatoms. The normalized spacial score (nSPS) is 12.0. The molecule has 0 saturated carbocycles. The van der Waals surface area contributed by atoms with Crippen molar-refractivity contribution < 1.29 is 27.2 Å². The van der Waals surface area contributed by atoms with Crippen molar-refractivity contribution in [2.75, 3.05) is 13.2 Å². The van der Waals surface area contributed by atoms with Crippen molar-refractivity contribution in [1.82, 2.24) is 10.1 Å². The van der Waals surface area contributed by atoms with Crippen LogP contribution in [0.2, 0.25) is 0 Å². The van der Waals surface area contributed by atoms with Crippen molar-refractivity contribution in [3.63, 3.8) is 0 Å².